The van der Waals surface area contributed by atoms with Crippen molar-refractivity contribution in [2.24, 2.45) is 0 Å². The van der Waals surface area contributed by atoms with E-state index < -0.39 is 4.92 Å². The second-order valence-electron chi connectivity index (χ2n) is 4.97. The van der Waals surface area contributed by atoms with Crippen LogP contribution in [0.25, 0.3) is 0 Å². The Kier molecular flexibility index (Phi) is 4.79. The van der Waals surface area contributed by atoms with Crippen molar-refractivity contribution in [2.45, 2.75) is 31.7 Å². The van der Waals surface area contributed by atoms with Crippen molar-refractivity contribution in [2.75, 3.05) is 25.2 Å². The third-order valence-electron chi connectivity index (χ3n) is 3.80. The lowest BCUT2D eigenvalue weighted by atomic mass is 10.1. The number of nitro benzene ring substituents is 1. The molecule has 0 spiro atoms. The van der Waals surface area contributed by atoms with Crippen LogP contribution in [0, 0.1) is 10.1 Å². The molecule has 0 aromatic heterocycles. The highest BCUT2D eigenvalue weighted by atomic mass is 16.6. The standard InChI is InChI=1S/C14H20N2O4/c1-20-12-6-7-13(14(10-12)16(18)19)15(8-9-17)11-4-2-3-5-11/h6-7,10-11,17H,2-5,8-9H2,1H3. The number of aliphatic hydroxyl groups excluding tert-OH is 1. The van der Waals surface area contributed by atoms with Crippen LogP contribution in [0.15, 0.2) is 18.2 Å². The van der Waals surface area contributed by atoms with Gasteiger partial charge >= 0.3 is 0 Å². The molecule has 6 heteroatoms. The number of anilines is 1. The molecule has 0 saturated heterocycles. The van der Waals surface area contributed by atoms with Crippen LogP contribution in [0.1, 0.15) is 25.7 Å². The van der Waals surface area contributed by atoms with E-state index in [-0.39, 0.29) is 18.3 Å². The van der Waals surface area contributed by atoms with Crippen molar-refractivity contribution >= 4 is 11.4 Å². The number of ether oxygens (including phenoxy) is 1. The molecule has 0 unspecified atom stereocenters. The molecule has 0 amide bonds. The Morgan fingerprint density at radius 3 is 2.70 bits per heavy atom. The molecule has 1 aromatic carbocycles. The molecular formula is C14H20N2O4. The Hall–Kier alpha value is -1.82. The molecule has 1 N–H and O–H groups in total. The van der Waals surface area contributed by atoms with Crippen molar-refractivity contribution in [3.63, 3.8) is 0 Å². The van der Waals surface area contributed by atoms with Gasteiger partial charge < -0.3 is 14.7 Å². The maximum absolute atomic E-state index is 11.3. The average molecular weight is 280 g/mol. The third-order valence-corrected chi connectivity index (χ3v) is 3.80. The number of benzene rings is 1. The van der Waals surface area contributed by atoms with E-state index in [1.54, 1.807) is 12.1 Å². The highest BCUT2D eigenvalue weighted by molar-refractivity contribution is 5.66. The minimum absolute atomic E-state index is 0.0142. The number of nitrogens with zero attached hydrogens (tertiary/aromatic N) is 2. The summed E-state index contributed by atoms with van der Waals surface area (Å²) < 4.78 is 5.05. The van der Waals surface area contributed by atoms with Gasteiger partial charge in [0.1, 0.15) is 11.4 Å². The fourth-order valence-electron chi connectivity index (χ4n) is 2.84. The molecule has 0 aliphatic heterocycles. The minimum atomic E-state index is -0.392. The normalized spacial score (nSPS) is 15.3. The molecule has 1 fully saturated rings. The summed E-state index contributed by atoms with van der Waals surface area (Å²) in [4.78, 5) is 12.8. The smallest absolute Gasteiger partial charge is 0.296 e. The molecule has 1 saturated carbocycles. The fourth-order valence-corrected chi connectivity index (χ4v) is 2.84. The second kappa shape index (κ2) is 6.56. The van der Waals surface area contributed by atoms with Gasteiger partial charge in [0.2, 0.25) is 0 Å². The van der Waals surface area contributed by atoms with Gasteiger partial charge in [-0.2, -0.15) is 0 Å². The number of rotatable bonds is 6. The van der Waals surface area contributed by atoms with E-state index in [1.165, 1.54) is 13.2 Å². The van der Waals surface area contributed by atoms with Crippen LogP contribution in [-0.4, -0.2) is 36.3 Å². The summed E-state index contributed by atoms with van der Waals surface area (Å²) >= 11 is 0. The summed E-state index contributed by atoms with van der Waals surface area (Å²) in [5.74, 6) is 0.468. The SMILES string of the molecule is COc1ccc(N(CCO)C2CCCC2)c([N+](=O)[O-])c1. The third kappa shape index (κ3) is 3.01. The first kappa shape index (κ1) is 14.6. The molecule has 6 nitrogen and oxygen atoms in total. The molecule has 1 aliphatic carbocycles. The van der Waals surface area contributed by atoms with E-state index in [2.05, 4.69) is 0 Å². The van der Waals surface area contributed by atoms with Crippen molar-refractivity contribution < 1.29 is 14.8 Å². The summed E-state index contributed by atoms with van der Waals surface area (Å²) in [6, 6.07) is 5.15. The van der Waals surface area contributed by atoms with E-state index in [9.17, 15) is 15.2 Å². The van der Waals surface area contributed by atoms with Gasteiger partial charge in [-0.3, -0.25) is 10.1 Å². The van der Waals surface area contributed by atoms with Crippen molar-refractivity contribution in [1.29, 1.82) is 0 Å². The predicted molar refractivity (Wildman–Crippen MR) is 76.3 cm³/mol. The van der Waals surface area contributed by atoms with Gasteiger partial charge in [-0.05, 0) is 25.0 Å². The highest BCUT2D eigenvalue weighted by Crippen LogP contribution is 2.36. The highest BCUT2D eigenvalue weighted by Gasteiger charge is 2.28. The Morgan fingerprint density at radius 2 is 2.15 bits per heavy atom. The van der Waals surface area contributed by atoms with Crippen LogP contribution < -0.4 is 9.64 Å². The van der Waals surface area contributed by atoms with Crippen LogP contribution in [-0.2, 0) is 0 Å². The van der Waals surface area contributed by atoms with E-state index in [0.717, 1.165) is 25.7 Å². The summed E-state index contributed by atoms with van der Waals surface area (Å²) in [5.41, 5.74) is 0.599. The van der Waals surface area contributed by atoms with Crippen LogP contribution in [0.2, 0.25) is 0 Å². The summed E-state index contributed by atoms with van der Waals surface area (Å²) in [7, 11) is 1.49. The van der Waals surface area contributed by atoms with Gasteiger partial charge in [0, 0.05) is 12.6 Å². The van der Waals surface area contributed by atoms with Crippen molar-refractivity contribution in [1.82, 2.24) is 0 Å². The quantitative estimate of drug-likeness (QED) is 0.639. The van der Waals surface area contributed by atoms with E-state index in [1.807, 2.05) is 4.90 Å². The first-order valence-corrected chi connectivity index (χ1v) is 6.87. The minimum Gasteiger partial charge on any atom is -0.496 e. The van der Waals surface area contributed by atoms with E-state index in [0.29, 0.717) is 18.0 Å². The van der Waals surface area contributed by atoms with Crippen LogP contribution in [0.5, 0.6) is 5.75 Å². The first-order valence-electron chi connectivity index (χ1n) is 6.87. The Labute approximate surface area is 118 Å². The topological polar surface area (TPSA) is 75.8 Å². The lowest BCUT2D eigenvalue weighted by molar-refractivity contribution is -0.384. The van der Waals surface area contributed by atoms with Crippen molar-refractivity contribution in [3.05, 3.63) is 28.3 Å². The molecule has 0 atom stereocenters. The molecule has 1 aliphatic rings. The first-order chi connectivity index (χ1) is 9.67. The fraction of sp³-hybridized carbons (Fsp3) is 0.571. The zero-order valence-corrected chi connectivity index (χ0v) is 11.6. The summed E-state index contributed by atoms with van der Waals surface area (Å²) in [6.45, 7) is 0.400. The maximum Gasteiger partial charge on any atom is 0.296 e. The number of aliphatic hydroxyl groups is 1. The predicted octanol–water partition coefficient (Wildman–Crippen LogP) is 2.34. The average Bonchev–Trinajstić information content (AvgIpc) is 2.98. The lowest BCUT2D eigenvalue weighted by Crippen LogP contribution is -2.36. The molecule has 0 radical (unpaired) electrons. The number of hydrogen-bond acceptors (Lipinski definition) is 5. The Morgan fingerprint density at radius 1 is 1.45 bits per heavy atom. The lowest BCUT2D eigenvalue weighted by Gasteiger charge is -2.30. The largest absolute Gasteiger partial charge is 0.496 e. The molecule has 20 heavy (non-hydrogen) atoms. The van der Waals surface area contributed by atoms with Crippen LogP contribution in [0.4, 0.5) is 11.4 Å². The van der Waals surface area contributed by atoms with Crippen molar-refractivity contribution in [3.8, 4) is 5.75 Å². The molecule has 2 rings (SSSR count). The summed E-state index contributed by atoms with van der Waals surface area (Å²) in [5, 5.41) is 20.5. The molecular weight excluding hydrogens is 260 g/mol. The van der Waals surface area contributed by atoms with Gasteiger partial charge in [0.15, 0.2) is 0 Å². The van der Waals surface area contributed by atoms with Gasteiger partial charge in [-0.1, -0.05) is 12.8 Å². The summed E-state index contributed by atoms with van der Waals surface area (Å²) in [6.07, 6.45) is 4.31. The van der Waals surface area contributed by atoms with E-state index in [4.69, 9.17) is 4.74 Å². The second-order valence-corrected chi connectivity index (χ2v) is 4.97. The van der Waals surface area contributed by atoms with Crippen LogP contribution >= 0.6 is 0 Å². The monoisotopic (exact) mass is 280 g/mol. The molecule has 0 heterocycles. The van der Waals surface area contributed by atoms with Gasteiger partial charge in [0.05, 0.1) is 24.7 Å². The number of hydrogen-bond donors (Lipinski definition) is 1. The zero-order valence-electron chi connectivity index (χ0n) is 11.6. The number of nitro groups is 1. The number of methoxy groups -OCH3 is 1. The maximum atomic E-state index is 11.3. The van der Waals surface area contributed by atoms with E-state index >= 15 is 0 Å². The van der Waals surface area contributed by atoms with Gasteiger partial charge in [0.25, 0.3) is 5.69 Å². The van der Waals surface area contributed by atoms with Crippen LogP contribution in [0.3, 0.4) is 0 Å². The molecule has 0 bridgehead atoms. The Balaban J connectivity index is 2.38. The zero-order chi connectivity index (χ0) is 14.5. The van der Waals surface area contributed by atoms with Gasteiger partial charge in [-0.15, -0.1) is 0 Å². The Bertz CT molecular complexity index is 472. The molecule has 110 valence electrons. The van der Waals surface area contributed by atoms with Gasteiger partial charge in [-0.25, -0.2) is 0 Å². The molecule has 1 aromatic rings.